The second-order valence-corrected chi connectivity index (χ2v) is 8.56. The number of aryl methyl sites for hydroxylation is 1. The minimum atomic E-state index is -3.63. The van der Waals surface area contributed by atoms with Crippen LogP contribution in [0.4, 0.5) is 0 Å². The zero-order valence-corrected chi connectivity index (χ0v) is 16.9. The molecule has 0 spiro atoms. The molecular weight excluding hydrogens is 364 g/mol. The van der Waals surface area contributed by atoms with Gasteiger partial charge in [0.1, 0.15) is 12.4 Å². The van der Waals surface area contributed by atoms with Crippen LogP contribution in [0.25, 0.3) is 0 Å². The molecule has 6 nitrogen and oxygen atoms in total. The van der Waals surface area contributed by atoms with Gasteiger partial charge in [0.2, 0.25) is 10.0 Å². The number of rotatable bonds is 8. The highest BCUT2D eigenvalue weighted by Gasteiger charge is 2.23. The van der Waals surface area contributed by atoms with Crippen LogP contribution in [0.3, 0.4) is 0 Å². The molecule has 2 rings (SSSR count). The van der Waals surface area contributed by atoms with Crippen LogP contribution in [-0.4, -0.2) is 44.9 Å². The van der Waals surface area contributed by atoms with Crippen LogP contribution >= 0.6 is 0 Å². The molecule has 0 aliphatic heterocycles. The molecule has 0 unspecified atom stereocenters. The quantitative estimate of drug-likeness (QED) is 0.703. The van der Waals surface area contributed by atoms with Crippen molar-refractivity contribution in [1.29, 1.82) is 0 Å². The molecule has 0 aliphatic rings. The Labute approximate surface area is 161 Å². The average Bonchev–Trinajstić information content (AvgIpc) is 2.65. The summed E-state index contributed by atoms with van der Waals surface area (Å²) in [4.78, 5) is 12.4. The standard InChI is InChI=1S/C20H26N2O4S/c1-15(2)22(4)27(24,25)19-7-5-6-17(14-19)20(23)21-12-13-26-18-10-8-16(3)9-11-18/h5-11,14-15H,12-13H2,1-4H3,(H,21,23). The zero-order valence-electron chi connectivity index (χ0n) is 16.1. The van der Waals surface area contributed by atoms with Gasteiger partial charge in [0.05, 0.1) is 11.4 Å². The Morgan fingerprint density at radius 1 is 1.15 bits per heavy atom. The number of carbonyl (C=O) groups is 1. The number of amides is 1. The third-order valence-corrected chi connectivity index (χ3v) is 6.21. The van der Waals surface area contributed by atoms with E-state index in [4.69, 9.17) is 4.74 Å². The fraction of sp³-hybridized carbons (Fsp3) is 0.350. The minimum Gasteiger partial charge on any atom is -0.492 e. The number of hydrogen-bond donors (Lipinski definition) is 1. The molecule has 0 fully saturated rings. The van der Waals surface area contributed by atoms with Crippen molar-refractivity contribution in [3.63, 3.8) is 0 Å². The van der Waals surface area contributed by atoms with E-state index in [1.807, 2.05) is 31.2 Å². The first-order valence-corrected chi connectivity index (χ1v) is 10.2. The van der Waals surface area contributed by atoms with E-state index >= 15 is 0 Å². The monoisotopic (exact) mass is 390 g/mol. The number of carbonyl (C=O) groups excluding carboxylic acids is 1. The van der Waals surface area contributed by atoms with E-state index in [0.29, 0.717) is 18.7 Å². The largest absolute Gasteiger partial charge is 0.492 e. The van der Waals surface area contributed by atoms with Crippen molar-refractivity contribution >= 4 is 15.9 Å². The normalized spacial score (nSPS) is 11.6. The van der Waals surface area contributed by atoms with Crippen molar-refractivity contribution in [2.24, 2.45) is 0 Å². The summed E-state index contributed by atoms with van der Waals surface area (Å²) < 4.78 is 32.0. The molecule has 27 heavy (non-hydrogen) atoms. The number of benzene rings is 2. The maximum Gasteiger partial charge on any atom is 0.251 e. The summed E-state index contributed by atoms with van der Waals surface area (Å²) in [5.74, 6) is 0.395. The predicted molar refractivity (Wildman–Crippen MR) is 106 cm³/mol. The smallest absolute Gasteiger partial charge is 0.251 e. The highest BCUT2D eigenvalue weighted by atomic mass is 32.2. The molecular formula is C20H26N2O4S. The summed E-state index contributed by atoms with van der Waals surface area (Å²) in [7, 11) is -2.11. The van der Waals surface area contributed by atoms with Crippen molar-refractivity contribution in [2.75, 3.05) is 20.2 Å². The summed E-state index contributed by atoms with van der Waals surface area (Å²) in [6.07, 6.45) is 0. The maximum absolute atomic E-state index is 12.6. The molecule has 0 saturated carbocycles. The Morgan fingerprint density at radius 3 is 2.44 bits per heavy atom. The molecule has 1 amide bonds. The SMILES string of the molecule is Cc1ccc(OCCNC(=O)c2cccc(S(=O)(=O)N(C)C(C)C)c2)cc1. The number of ether oxygens (including phenoxy) is 1. The minimum absolute atomic E-state index is 0.0993. The van der Waals surface area contributed by atoms with Crippen LogP contribution in [0, 0.1) is 6.92 Å². The van der Waals surface area contributed by atoms with Gasteiger partial charge in [-0.15, -0.1) is 0 Å². The molecule has 0 heterocycles. The fourth-order valence-electron chi connectivity index (χ4n) is 2.31. The maximum atomic E-state index is 12.6. The lowest BCUT2D eigenvalue weighted by atomic mass is 10.2. The van der Waals surface area contributed by atoms with Gasteiger partial charge in [-0.2, -0.15) is 4.31 Å². The number of nitrogens with zero attached hydrogens (tertiary/aromatic N) is 1. The zero-order chi connectivity index (χ0) is 20.0. The Hall–Kier alpha value is -2.38. The van der Waals surface area contributed by atoms with Gasteiger partial charge in [-0.1, -0.05) is 23.8 Å². The van der Waals surface area contributed by atoms with Gasteiger partial charge in [0.15, 0.2) is 0 Å². The summed E-state index contributed by atoms with van der Waals surface area (Å²) in [5.41, 5.74) is 1.44. The molecule has 2 aromatic carbocycles. The van der Waals surface area contributed by atoms with E-state index in [-0.39, 0.29) is 16.8 Å². The van der Waals surface area contributed by atoms with E-state index in [0.717, 1.165) is 11.3 Å². The first-order chi connectivity index (χ1) is 12.7. The Kier molecular flexibility index (Phi) is 6.98. The summed E-state index contributed by atoms with van der Waals surface area (Å²) in [5, 5.41) is 2.74. The van der Waals surface area contributed by atoms with E-state index < -0.39 is 10.0 Å². The number of hydrogen-bond acceptors (Lipinski definition) is 4. The topological polar surface area (TPSA) is 75.7 Å². The van der Waals surface area contributed by atoms with E-state index in [1.165, 1.54) is 23.5 Å². The molecule has 7 heteroatoms. The van der Waals surface area contributed by atoms with Gasteiger partial charge in [-0.05, 0) is 51.1 Å². The predicted octanol–water partition coefficient (Wildman–Crippen LogP) is 2.83. The molecule has 0 saturated heterocycles. The van der Waals surface area contributed by atoms with Gasteiger partial charge >= 0.3 is 0 Å². The molecule has 0 atom stereocenters. The second kappa shape index (κ2) is 9.01. The number of sulfonamides is 1. The van der Waals surface area contributed by atoms with Crippen molar-refractivity contribution < 1.29 is 17.9 Å². The van der Waals surface area contributed by atoms with Gasteiger partial charge < -0.3 is 10.1 Å². The van der Waals surface area contributed by atoms with Crippen LogP contribution in [0.15, 0.2) is 53.4 Å². The molecule has 0 bridgehead atoms. The lowest BCUT2D eigenvalue weighted by Gasteiger charge is -2.21. The highest BCUT2D eigenvalue weighted by molar-refractivity contribution is 7.89. The van der Waals surface area contributed by atoms with Crippen molar-refractivity contribution in [3.05, 3.63) is 59.7 Å². The Morgan fingerprint density at radius 2 is 1.81 bits per heavy atom. The summed E-state index contributed by atoms with van der Waals surface area (Å²) >= 11 is 0. The van der Waals surface area contributed by atoms with Crippen molar-refractivity contribution in [2.45, 2.75) is 31.7 Å². The van der Waals surface area contributed by atoms with Gasteiger partial charge in [-0.25, -0.2) is 8.42 Å². The first kappa shape index (κ1) is 20.9. The molecule has 2 aromatic rings. The van der Waals surface area contributed by atoms with Crippen molar-refractivity contribution in [1.82, 2.24) is 9.62 Å². The van der Waals surface area contributed by atoms with Crippen molar-refractivity contribution in [3.8, 4) is 5.75 Å². The first-order valence-electron chi connectivity index (χ1n) is 8.77. The average molecular weight is 391 g/mol. The summed E-state index contributed by atoms with van der Waals surface area (Å²) in [6, 6.07) is 13.5. The van der Waals surface area contributed by atoms with E-state index in [2.05, 4.69) is 5.32 Å². The molecule has 0 aliphatic carbocycles. The number of nitrogens with one attached hydrogen (secondary N) is 1. The molecule has 0 aromatic heterocycles. The van der Waals surface area contributed by atoms with Crippen LogP contribution in [0.1, 0.15) is 29.8 Å². The van der Waals surface area contributed by atoms with E-state index in [9.17, 15) is 13.2 Å². The molecule has 0 radical (unpaired) electrons. The summed E-state index contributed by atoms with van der Waals surface area (Å²) in [6.45, 7) is 6.22. The third kappa shape index (κ3) is 5.55. The fourth-order valence-corrected chi connectivity index (χ4v) is 3.73. The van der Waals surface area contributed by atoms with Gasteiger partial charge in [0.25, 0.3) is 5.91 Å². The van der Waals surface area contributed by atoms with E-state index in [1.54, 1.807) is 26.0 Å². The van der Waals surface area contributed by atoms with Gasteiger partial charge in [-0.3, -0.25) is 4.79 Å². The second-order valence-electron chi connectivity index (χ2n) is 6.56. The Bertz CT molecular complexity index is 877. The van der Waals surface area contributed by atoms with Crippen LogP contribution in [0.5, 0.6) is 5.75 Å². The van der Waals surface area contributed by atoms with Crippen LogP contribution in [0.2, 0.25) is 0 Å². The van der Waals surface area contributed by atoms with Crippen LogP contribution < -0.4 is 10.1 Å². The lowest BCUT2D eigenvalue weighted by molar-refractivity contribution is 0.0947. The van der Waals surface area contributed by atoms with Crippen LogP contribution in [-0.2, 0) is 10.0 Å². The highest BCUT2D eigenvalue weighted by Crippen LogP contribution is 2.18. The van der Waals surface area contributed by atoms with Gasteiger partial charge in [0, 0.05) is 18.7 Å². The molecule has 146 valence electrons. The Balaban J connectivity index is 1.96. The molecule has 1 N–H and O–H groups in total. The third-order valence-electron chi connectivity index (χ3n) is 4.18. The lowest BCUT2D eigenvalue weighted by Crippen LogP contribution is -2.33.